The number of ether oxygens (including phenoxy) is 2. The van der Waals surface area contributed by atoms with E-state index in [9.17, 15) is 0 Å². The van der Waals surface area contributed by atoms with Crippen molar-refractivity contribution >= 4 is 17.6 Å². The fraction of sp³-hybridized carbons (Fsp3) is 0.267. The summed E-state index contributed by atoms with van der Waals surface area (Å²) in [7, 11) is 1.66. The van der Waals surface area contributed by atoms with Crippen molar-refractivity contribution in [2.24, 2.45) is 0 Å². The summed E-state index contributed by atoms with van der Waals surface area (Å²) >= 11 is 1.72. The highest BCUT2D eigenvalue weighted by atomic mass is 32.2. The first-order chi connectivity index (χ1) is 9.78. The lowest BCUT2D eigenvalue weighted by molar-refractivity contribution is 0.146. The second kappa shape index (κ2) is 7.77. The van der Waals surface area contributed by atoms with E-state index in [-0.39, 0.29) is 0 Å². The normalized spacial score (nSPS) is 10.4. The van der Waals surface area contributed by atoms with Crippen LogP contribution in [0.3, 0.4) is 0 Å². The van der Waals surface area contributed by atoms with Gasteiger partial charge in [0.15, 0.2) is 0 Å². The molecular weight excluding hydrogens is 272 g/mol. The Morgan fingerprint density at radius 2 is 1.90 bits per heavy atom. The van der Waals surface area contributed by atoms with E-state index in [2.05, 4.69) is 4.98 Å². The zero-order valence-electron chi connectivity index (χ0n) is 11.4. The zero-order chi connectivity index (χ0) is 14.2. The molecule has 0 aliphatic heterocycles. The van der Waals surface area contributed by atoms with Crippen molar-refractivity contribution in [3.05, 3.63) is 48.2 Å². The van der Waals surface area contributed by atoms with Gasteiger partial charge in [0.2, 0.25) is 0 Å². The third-order valence-corrected chi connectivity index (χ3v) is 3.64. The number of nitrogen functional groups attached to an aromatic ring is 1. The Hall–Kier alpha value is -1.72. The molecule has 0 aliphatic carbocycles. The van der Waals surface area contributed by atoms with Gasteiger partial charge in [0.1, 0.15) is 18.2 Å². The van der Waals surface area contributed by atoms with Crippen LogP contribution in [0.15, 0.2) is 47.4 Å². The first kappa shape index (κ1) is 14.7. The van der Waals surface area contributed by atoms with Crippen molar-refractivity contribution < 1.29 is 9.47 Å². The molecule has 2 N–H and O–H groups in total. The van der Waals surface area contributed by atoms with Gasteiger partial charge in [0.25, 0.3) is 0 Å². The maximum atomic E-state index is 5.66. The van der Waals surface area contributed by atoms with Gasteiger partial charge < -0.3 is 15.2 Å². The minimum atomic E-state index is 0.560. The second-order valence-corrected chi connectivity index (χ2v) is 5.20. The molecule has 0 bridgehead atoms. The molecule has 0 atom stereocenters. The number of hydrogen-bond donors (Lipinski definition) is 1. The van der Waals surface area contributed by atoms with Gasteiger partial charge in [-0.15, -0.1) is 11.8 Å². The lowest BCUT2D eigenvalue weighted by Crippen LogP contribution is -2.03. The minimum absolute atomic E-state index is 0.560. The van der Waals surface area contributed by atoms with E-state index in [0.29, 0.717) is 19.0 Å². The van der Waals surface area contributed by atoms with Crippen LogP contribution in [-0.2, 0) is 10.5 Å². The van der Waals surface area contributed by atoms with E-state index in [4.69, 9.17) is 15.2 Å². The highest BCUT2D eigenvalue weighted by Crippen LogP contribution is 2.24. The predicted molar refractivity (Wildman–Crippen MR) is 82.0 cm³/mol. The summed E-state index contributed by atoms with van der Waals surface area (Å²) in [5.41, 5.74) is 6.64. The monoisotopic (exact) mass is 290 g/mol. The molecule has 20 heavy (non-hydrogen) atoms. The molecule has 4 nitrogen and oxygen atoms in total. The molecule has 0 radical (unpaired) electrons. The number of methoxy groups -OCH3 is 1. The van der Waals surface area contributed by atoms with E-state index in [1.54, 1.807) is 24.9 Å². The summed E-state index contributed by atoms with van der Waals surface area (Å²) in [4.78, 5) is 5.45. The lowest BCUT2D eigenvalue weighted by Gasteiger charge is -2.06. The standard InChI is InChI=1S/C15H18N2O2S/c1-18-9-10-19-13-5-7-14(8-6-13)20-11-12-3-2-4-15(16)17-12/h2-8H,9-11H2,1H3,(H2,16,17). The SMILES string of the molecule is COCCOc1ccc(SCc2cccc(N)n2)cc1. The summed E-state index contributed by atoms with van der Waals surface area (Å²) in [5.74, 6) is 2.22. The highest BCUT2D eigenvalue weighted by Gasteiger charge is 1.99. The Balaban J connectivity index is 1.84. The van der Waals surface area contributed by atoms with Crippen LogP contribution in [0.2, 0.25) is 0 Å². The summed E-state index contributed by atoms with van der Waals surface area (Å²) < 4.78 is 10.5. The van der Waals surface area contributed by atoms with Crippen LogP contribution in [-0.4, -0.2) is 25.3 Å². The molecule has 0 saturated heterocycles. The Morgan fingerprint density at radius 3 is 2.60 bits per heavy atom. The van der Waals surface area contributed by atoms with Gasteiger partial charge in [-0.3, -0.25) is 0 Å². The molecule has 0 fully saturated rings. The van der Waals surface area contributed by atoms with Crippen LogP contribution in [0.25, 0.3) is 0 Å². The Labute approximate surface area is 123 Å². The van der Waals surface area contributed by atoms with Gasteiger partial charge in [-0.05, 0) is 36.4 Å². The zero-order valence-corrected chi connectivity index (χ0v) is 12.2. The van der Waals surface area contributed by atoms with E-state index < -0.39 is 0 Å². The van der Waals surface area contributed by atoms with Crippen LogP contribution in [0.1, 0.15) is 5.69 Å². The van der Waals surface area contributed by atoms with E-state index in [1.807, 2.05) is 36.4 Å². The number of benzene rings is 1. The number of anilines is 1. The van der Waals surface area contributed by atoms with Gasteiger partial charge in [0, 0.05) is 17.8 Å². The topological polar surface area (TPSA) is 57.4 Å². The van der Waals surface area contributed by atoms with Crippen LogP contribution < -0.4 is 10.5 Å². The van der Waals surface area contributed by atoms with Crippen molar-refractivity contribution in [3.8, 4) is 5.75 Å². The molecule has 1 aromatic carbocycles. The molecule has 2 aromatic rings. The molecule has 0 spiro atoms. The third-order valence-electron chi connectivity index (χ3n) is 2.59. The molecule has 1 heterocycles. The number of nitrogens with two attached hydrogens (primary N) is 1. The van der Waals surface area contributed by atoms with Crippen LogP contribution in [0.4, 0.5) is 5.82 Å². The summed E-state index contributed by atoms with van der Waals surface area (Å²) in [6, 6.07) is 13.7. The van der Waals surface area contributed by atoms with Gasteiger partial charge in [-0.1, -0.05) is 6.07 Å². The predicted octanol–water partition coefficient (Wildman–Crippen LogP) is 2.98. The quantitative estimate of drug-likeness (QED) is 0.627. The first-order valence-electron chi connectivity index (χ1n) is 6.34. The van der Waals surface area contributed by atoms with Gasteiger partial charge in [-0.25, -0.2) is 4.98 Å². The average Bonchev–Trinajstić information content (AvgIpc) is 2.47. The molecule has 0 amide bonds. The number of pyridine rings is 1. The molecule has 0 unspecified atom stereocenters. The number of rotatable bonds is 7. The maximum absolute atomic E-state index is 5.66. The maximum Gasteiger partial charge on any atom is 0.123 e. The van der Waals surface area contributed by atoms with Gasteiger partial charge in [0.05, 0.1) is 12.3 Å². The lowest BCUT2D eigenvalue weighted by atomic mass is 10.3. The summed E-state index contributed by atoms with van der Waals surface area (Å²) in [5, 5.41) is 0. The highest BCUT2D eigenvalue weighted by molar-refractivity contribution is 7.98. The molecule has 0 aliphatic rings. The number of nitrogens with zero attached hydrogens (tertiary/aromatic N) is 1. The number of thioether (sulfide) groups is 1. The van der Waals surface area contributed by atoms with Crippen LogP contribution >= 0.6 is 11.8 Å². The Kier molecular flexibility index (Phi) is 5.70. The molecule has 1 aromatic heterocycles. The molecular formula is C15H18N2O2S. The van der Waals surface area contributed by atoms with E-state index in [1.165, 1.54) is 4.90 Å². The fourth-order valence-corrected chi connectivity index (χ4v) is 2.41. The van der Waals surface area contributed by atoms with Crippen molar-refractivity contribution in [2.45, 2.75) is 10.6 Å². The molecule has 0 saturated carbocycles. The minimum Gasteiger partial charge on any atom is -0.491 e. The Morgan fingerprint density at radius 1 is 1.10 bits per heavy atom. The molecule has 5 heteroatoms. The summed E-state index contributed by atoms with van der Waals surface area (Å²) in [6.45, 7) is 1.16. The largest absolute Gasteiger partial charge is 0.491 e. The average molecular weight is 290 g/mol. The molecule has 106 valence electrons. The van der Waals surface area contributed by atoms with E-state index >= 15 is 0 Å². The Bertz CT molecular complexity index is 532. The van der Waals surface area contributed by atoms with Crippen LogP contribution in [0.5, 0.6) is 5.75 Å². The second-order valence-electron chi connectivity index (χ2n) is 4.16. The van der Waals surface area contributed by atoms with Crippen LogP contribution in [0, 0.1) is 0 Å². The first-order valence-corrected chi connectivity index (χ1v) is 7.32. The van der Waals surface area contributed by atoms with E-state index in [0.717, 1.165) is 17.2 Å². The van der Waals surface area contributed by atoms with Gasteiger partial charge >= 0.3 is 0 Å². The number of aromatic nitrogens is 1. The fourth-order valence-electron chi connectivity index (χ4n) is 1.61. The van der Waals surface area contributed by atoms with Gasteiger partial charge in [-0.2, -0.15) is 0 Å². The number of hydrogen-bond acceptors (Lipinski definition) is 5. The van der Waals surface area contributed by atoms with Crippen molar-refractivity contribution in [2.75, 3.05) is 26.1 Å². The van der Waals surface area contributed by atoms with Crippen molar-refractivity contribution in [1.29, 1.82) is 0 Å². The smallest absolute Gasteiger partial charge is 0.123 e. The van der Waals surface area contributed by atoms with Crippen molar-refractivity contribution in [3.63, 3.8) is 0 Å². The summed E-state index contributed by atoms with van der Waals surface area (Å²) in [6.07, 6.45) is 0. The van der Waals surface area contributed by atoms with Crippen molar-refractivity contribution in [1.82, 2.24) is 4.98 Å². The molecule has 2 rings (SSSR count). The third kappa shape index (κ3) is 4.75.